The highest BCUT2D eigenvalue weighted by molar-refractivity contribution is 5.87. The number of aromatic nitrogens is 1. The molecule has 6 heteroatoms. The lowest BCUT2D eigenvalue weighted by Gasteiger charge is -2.05. The molecule has 1 aromatic heterocycles. The molecule has 0 saturated heterocycles. The zero-order chi connectivity index (χ0) is 16.5. The van der Waals surface area contributed by atoms with Gasteiger partial charge < -0.3 is 15.2 Å². The van der Waals surface area contributed by atoms with Crippen molar-refractivity contribution >= 4 is 18.1 Å². The number of carboxylic acids is 1. The van der Waals surface area contributed by atoms with Crippen molar-refractivity contribution in [2.24, 2.45) is 0 Å². The third-order valence-electron chi connectivity index (χ3n) is 2.89. The number of aromatic carboxylic acids is 1. The molecular weight excluding hydrogens is 296 g/mol. The van der Waals surface area contributed by atoms with E-state index in [4.69, 9.17) is 9.84 Å². The van der Waals surface area contributed by atoms with Crippen molar-refractivity contribution in [3.05, 3.63) is 71.6 Å². The standard InChI is InChI=1S/C17H16N2O4/c20-16(21)15-9-14(10-18-11-15)7-4-8-19-17(22)23-12-13-5-2-1-3-6-13/h1-7,9-11H,8,12H2,(H,19,22)(H,20,21)/b7-4+. The summed E-state index contributed by atoms with van der Waals surface area (Å²) in [5, 5.41) is 11.4. The van der Waals surface area contributed by atoms with E-state index in [0.29, 0.717) is 5.56 Å². The van der Waals surface area contributed by atoms with Crippen molar-refractivity contribution in [2.75, 3.05) is 6.54 Å². The predicted octanol–water partition coefficient (Wildman–Crippen LogP) is 2.72. The van der Waals surface area contributed by atoms with Gasteiger partial charge >= 0.3 is 12.1 Å². The van der Waals surface area contributed by atoms with E-state index in [1.165, 1.54) is 18.5 Å². The van der Waals surface area contributed by atoms with Crippen LogP contribution in [0.2, 0.25) is 0 Å². The van der Waals surface area contributed by atoms with E-state index in [0.717, 1.165) is 5.56 Å². The first-order chi connectivity index (χ1) is 11.1. The van der Waals surface area contributed by atoms with Crippen LogP contribution in [0.4, 0.5) is 4.79 Å². The van der Waals surface area contributed by atoms with Crippen molar-refractivity contribution in [3.63, 3.8) is 0 Å². The molecule has 0 atom stereocenters. The van der Waals surface area contributed by atoms with Gasteiger partial charge in [0.1, 0.15) is 6.61 Å². The molecule has 118 valence electrons. The van der Waals surface area contributed by atoms with Gasteiger partial charge in [-0.3, -0.25) is 4.98 Å². The van der Waals surface area contributed by atoms with E-state index in [2.05, 4.69) is 10.3 Å². The Morgan fingerprint density at radius 2 is 2.00 bits per heavy atom. The van der Waals surface area contributed by atoms with Gasteiger partial charge in [0.15, 0.2) is 0 Å². The first-order valence-corrected chi connectivity index (χ1v) is 6.94. The van der Waals surface area contributed by atoms with Crippen molar-refractivity contribution in [1.29, 1.82) is 0 Å². The Hall–Kier alpha value is -3.15. The Bertz CT molecular complexity index is 699. The molecule has 0 saturated carbocycles. The maximum atomic E-state index is 11.5. The minimum absolute atomic E-state index is 0.113. The van der Waals surface area contributed by atoms with Crippen LogP contribution in [0.15, 0.2) is 54.9 Å². The fourth-order valence-electron chi connectivity index (χ4n) is 1.78. The fourth-order valence-corrected chi connectivity index (χ4v) is 1.78. The quantitative estimate of drug-likeness (QED) is 0.856. The number of ether oxygens (including phenoxy) is 1. The van der Waals surface area contributed by atoms with Gasteiger partial charge in [0, 0.05) is 18.9 Å². The van der Waals surface area contributed by atoms with Gasteiger partial charge in [0.2, 0.25) is 0 Å². The summed E-state index contributed by atoms with van der Waals surface area (Å²) in [5.41, 5.74) is 1.67. The molecule has 1 amide bonds. The normalized spacial score (nSPS) is 10.4. The van der Waals surface area contributed by atoms with Gasteiger partial charge in [-0.15, -0.1) is 0 Å². The number of carboxylic acid groups (broad SMARTS) is 1. The van der Waals surface area contributed by atoms with Crippen molar-refractivity contribution in [2.45, 2.75) is 6.61 Å². The number of carbonyl (C=O) groups excluding carboxylic acids is 1. The molecule has 0 bridgehead atoms. The molecular formula is C17H16N2O4. The second kappa shape index (κ2) is 8.33. The number of rotatable bonds is 6. The number of benzene rings is 1. The zero-order valence-corrected chi connectivity index (χ0v) is 12.3. The van der Waals surface area contributed by atoms with Crippen LogP contribution in [0.25, 0.3) is 6.08 Å². The fraction of sp³-hybridized carbons (Fsp3) is 0.118. The summed E-state index contributed by atoms with van der Waals surface area (Å²) < 4.78 is 5.06. The molecule has 2 rings (SSSR count). The topological polar surface area (TPSA) is 88.5 Å². The number of carbonyl (C=O) groups is 2. The van der Waals surface area contributed by atoms with Crippen LogP contribution in [0, 0.1) is 0 Å². The van der Waals surface area contributed by atoms with Crippen molar-refractivity contribution in [1.82, 2.24) is 10.3 Å². The largest absolute Gasteiger partial charge is 0.478 e. The number of nitrogens with one attached hydrogen (secondary N) is 1. The summed E-state index contributed by atoms with van der Waals surface area (Å²) in [4.78, 5) is 26.2. The van der Waals surface area contributed by atoms with Crippen LogP contribution in [-0.2, 0) is 11.3 Å². The SMILES string of the molecule is O=C(NC/C=C/c1cncc(C(=O)O)c1)OCc1ccccc1. The number of nitrogens with zero attached hydrogens (tertiary/aromatic N) is 1. The smallest absolute Gasteiger partial charge is 0.407 e. The van der Waals surface area contributed by atoms with Crippen molar-refractivity contribution in [3.8, 4) is 0 Å². The van der Waals surface area contributed by atoms with Crippen LogP contribution in [-0.4, -0.2) is 28.7 Å². The molecule has 6 nitrogen and oxygen atoms in total. The lowest BCUT2D eigenvalue weighted by Crippen LogP contribution is -2.24. The van der Waals surface area contributed by atoms with Gasteiger partial charge in [-0.2, -0.15) is 0 Å². The number of alkyl carbamates (subject to hydrolysis) is 1. The lowest BCUT2D eigenvalue weighted by atomic mass is 10.2. The molecule has 0 spiro atoms. The molecule has 0 aliphatic heterocycles. The minimum Gasteiger partial charge on any atom is -0.478 e. The summed E-state index contributed by atoms with van der Waals surface area (Å²) in [7, 11) is 0. The number of hydrogen-bond donors (Lipinski definition) is 2. The summed E-state index contributed by atoms with van der Waals surface area (Å²) in [6.07, 6.45) is 5.66. The third-order valence-corrected chi connectivity index (χ3v) is 2.89. The second-order valence-electron chi connectivity index (χ2n) is 4.66. The summed E-state index contributed by atoms with van der Waals surface area (Å²) in [5.74, 6) is -1.03. The maximum absolute atomic E-state index is 11.5. The zero-order valence-electron chi connectivity index (χ0n) is 12.3. The molecule has 2 N–H and O–H groups in total. The van der Waals surface area contributed by atoms with Crippen LogP contribution in [0.3, 0.4) is 0 Å². The maximum Gasteiger partial charge on any atom is 0.407 e. The monoisotopic (exact) mass is 312 g/mol. The van der Waals surface area contributed by atoms with Crippen LogP contribution >= 0.6 is 0 Å². The lowest BCUT2D eigenvalue weighted by molar-refractivity contribution is 0.0696. The number of amides is 1. The molecule has 2 aromatic rings. The highest BCUT2D eigenvalue weighted by Crippen LogP contribution is 2.04. The molecule has 1 heterocycles. The average molecular weight is 312 g/mol. The minimum atomic E-state index is -1.03. The first kappa shape index (κ1) is 16.2. The Kier molecular flexibility index (Phi) is 5.88. The molecule has 1 aromatic carbocycles. The van der Waals surface area contributed by atoms with Gasteiger partial charge in [0.05, 0.1) is 5.56 Å². The van der Waals surface area contributed by atoms with E-state index in [9.17, 15) is 9.59 Å². The molecule has 0 unspecified atom stereocenters. The second-order valence-corrected chi connectivity index (χ2v) is 4.66. The van der Waals surface area contributed by atoms with Crippen LogP contribution in [0.1, 0.15) is 21.5 Å². The van der Waals surface area contributed by atoms with E-state index in [-0.39, 0.29) is 18.7 Å². The molecule has 0 aliphatic rings. The molecule has 0 radical (unpaired) electrons. The van der Waals surface area contributed by atoms with E-state index in [1.807, 2.05) is 30.3 Å². The van der Waals surface area contributed by atoms with E-state index >= 15 is 0 Å². The first-order valence-electron chi connectivity index (χ1n) is 6.94. The van der Waals surface area contributed by atoms with Crippen LogP contribution < -0.4 is 5.32 Å². The summed E-state index contributed by atoms with van der Waals surface area (Å²) >= 11 is 0. The van der Waals surface area contributed by atoms with E-state index in [1.54, 1.807) is 12.2 Å². The highest BCUT2D eigenvalue weighted by atomic mass is 16.5. The van der Waals surface area contributed by atoms with E-state index < -0.39 is 12.1 Å². The Morgan fingerprint density at radius 1 is 1.22 bits per heavy atom. The van der Waals surface area contributed by atoms with Gasteiger partial charge in [0.25, 0.3) is 0 Å². The molecule has 0 fully saturated rings. The Labute approximate surface area is 133 Å². The third kappa shape index (κ3) is 5.62. The molecule has 23 heavy (non-hydrogen) atoms. The Morgan fingerprint density at radius 3 is 2.74 bits per heavy atom. The van der Waals surface area contributed by atoms with Gasteiger partial charge in [-0.1, -0.05) is 42.5 Å². The highest BCUT2D eigenvalue weighted by Gasteiger charge is 2.03. The summed E-state index contributed by atoms with van der Waals surface area (Å²) in [6, 6.07) is 10.9. The Balaban J connectivity index is 1.74. The summed E-state index contributed by atoms with van der Waals surface area (Å²) in [6.45, 7) is 0.478. The number of hydrogen-bond acceptors (Lipinski definition) is 4. The number of pyridine rings is 1. The average Bonchev–Trinajstić information content (AvgIpc) is 2.58. The molecule has 0 aliphatic carbocycles. The van der Waals surface area contributed by atoms with Gasteiger partial charge in [-0.05, 0) is 17.2 Å². The van der Waals surface area contributed by atoms with Gasteiger partial charge in [-0.25, -0.2) is 9.59 Å². The van der Waals surface area contributed by atoms with Crippen molar-refractivity contribution < 1.29 is 19.4 Å². The van der Waals surface area contributed by atoms with Crippen LogP contribution in [0.5, 0.6) is 0 Å². The predicted molar refractivity (Wildman–Crippen MR) is 84.9 cm³/mol.